The molecule has 94 valence electrons. The van der Waals surface area contributed by atoms with E-state index in [-0.39, 0.29) is 6.23 Å². The third-order valence-electron chi connectivity index (χ3n) is 3.73. The molecule has 17 heavy (non-hydrogen) atoms. The zero-order chi connectivity index (χ0) is 12.3. The van der Waals surface area contributed by atoms with E-state index in [1.54, 1.807) is 0 Å². The predicted octanol–water partition coefficient (Wildman–Crippen LogP) is 2.59. The van der Waals surface area contributed by atoms with Crippen LogP contribution in [0.25, 0.3) is 0 Å². The van der Waals surface area contributed by atoms with Gasteiger partial charge in [0, 0.05) is 12.6 Å². The molecule has 1 aromatic rings. The Bertz CT molecular complexity index is 339. The topological polar surface area (TPSA) is 23.5 Å². The fraction of sp³-hybridized carbons (Fsp3) is 0.600. The van der Waals surface area contributed by atoms with E-state index in [1.807, 2.05) is 0 Å². The summed E-state index contributed by atoms with van der Waals surface area (Å²) >= 11 is 0. The monoisotopic (exact) mass is 233 g/mol. The smallest absolute Gasteiger partial charge is 0.107 e. The molecule has 1 unspecified atom stereocenters. The van der Waals surface area contributed by atoms with E-state index in [4.69, 9.17) is 0 Å². The van der Waals surface area contributed by atoms with Gasteiger partial charge in [0.2, 0.25) is 0 Å². The molecule has 1 atom stereocenters. The number of fused-ring (bicyclic) bond motifs is 1. The van der Waals surface area contributed by atoms with E-state index in [0.29, 0.717) is 6.04 Å². The van der Waals surface area contributed by atoms with Crippen molar-refractivity contribution in [2.24, 2.45) is 0 Å². The van der Waals surface area contributed by atoms with Gasteiger partial charge in [0.15, 0.2) is 0 Å². The molecule has 0 heterocycles. The number of nitrogens with zero attached hydrogens (tertiary/aromatic N) is 1. The standard InChI is InChI=1S/C15H23NO/c1-3-9-16(15(17)4-2)14-10-12-7-5-6-8-13(12)11-14/h5-8,14-15,17H,3-4,9-11H2,1-2H3. The van der Waals surface area contributed by atoms with Crippen molar-refractivity contribution in [2.45, 2.75) is 51.8 Å². The summed E-state index contributed by atoms with van der Waals surface area (Å²) in [6, 6.07) is 9.15. The maximum Gasteiger partial charge on any atom is 0.107 e. The van der Waals surface area contributed by atoms with Crippen LogP contribution in [-0.2, 0) is 12.8 Å². The molecule has 0 saturated carbocycles. The van der Waals surface area contributed by atoms with Gasteiger partial charge in [-0.15, -0.1) is 0 Å². The minimum absolute atomic E-state index is 0.283. The summed E-state index contributed by atoms with van der Waals surface area (Å²) in [6.07, 6.45) is 3.81. The zero-order valence-corrected chi connectivity index (χ0v) is 10.9. The van der Waals surface area contributed by atoms with Crippen LogP contribution in [0.1, 0.15) is 37.8 Å². The molecule has 1 aliphatic rings. The van der Waals surface area contributed by atoms with Gasteiger partial charge in [-0.25, -0.2) is 0 Å². The van der Waals surface area contributed by atoms with Gasteiger partial charge in [0.05, 0.1) is 0 Å². The van der Waals surface area contributed by atoms with Crippen molar-refractivity contribution in [3.8, 4) is 0 Å². The maximum atomic E-state index is 10.1. The zero-order valence-electron chi connectivity index (χ0n) is 10.9. The van der Waals surface area contributed by atoms with Crippen LogP contribution in [0.15, 0.2) is 24.3 Å². The summed E-state index contributed by atoms with van der Waals surface area (Å²) in [7, 11) is 0. The molecule has 2 heteroatoms. The van der Waals surface area contributed by atoms with E-state index in [0.717, 1.165) is 32.2 Å². The molecular formula is C15H23NO. The largest absolute Gasteiger partial charge is 0.378 e. The van der Waals surface area contributed by atoms with Gasteiger partial charge in [-0.2, -0.15) is 0 Å². The van der Waals surface area contributed by atoms with E-state index < -0.39 is 0 Å². The van der Waals surface area contributed by atoms with E-state index >= 15 is 0 Å². The second-order valence-corrected chi connectivity index (χ2v) is 4.96. The van der Waals surface area contributed by atoms with Crippen LogP contribution in [0, 0.1) is 0 Å². The van der Waals surface area contributed by atoms with Gasteiger partial charge in [-0.3, -0.25) is 4.90 Å². The van der Waals surface area contributed by atoms with Crippen molar-refractivity contribution in [3.05, 3.63) is 35.4 Å². The van der Waals surface area contributed by atoms with Gasteiger partial charge in [-0.05, 0) is 36.8 Å². The summed E-state index contributed by atoms with van der Waals surface area (Å²) in [6.45, 7) is 5.22. The number of benzene rings is 1. The maximum absolute atomic E-state index is 10.1. The van der Waals surface area contributed by atoms with Crippen molar-refractivity contribution in [3.63, 3.8) is 0 Å². The van der Waals surface area contributed by atoms with Crippen molar-refractivity contribution in [1.29, 1.82) is 0 Å². The molecule has 0 aliphatic heterocycles. The molecule has 1 aliphatic carbocycles. The number of rotatable bonds is 5. The van der Waals surface area contributed by atoms with Gasteiger partial charge >= 0.3 is 0 Å². The molecule has 0 aromatic heterocycles. The summed E-state index contributed by atoms with van der Waals surface area (Å²) in [5, 5.41) is 10.1. The van der Waals surface area contributed by atoms with Crippen LogP contribution in [0.3, 0.4) is 0 Å². The molecule has 2 rings (SSSR count). The lowest BCUT2D eigenvalue weighted by atomic mass is 10.1. The Morgan fingerprint density at radius 3 is 2.29 bits per heavy atom. The minimum Gasteiger partial charge on any atom is -0.378 e. The minimum atomic E-state index is -0.283. The fourth-order valence-electron chi connectivity index (χ4n) is 2.84. The molecular weight excluding hydrogens is 210 g/mol. The Morgan fingerprint density at radius 2 is 1.82 bits per heavy atom. The van der Waals surface area contributed by atoms with E-state index in [9.17, 15) is 5.11 Å². The average Bonchev–Trinajstić information content (AvgIpc) is 2.78. The van der Waals surface area contributed by atoms with E-state index in [1.165, 1.54) is 11.1 Å². The Labute approximate surface area is 104 Å². The summed E-state index contributed by atoms with van der Waals surface area (Å²) in [5.41, 5.74) is 2.92. The third-order valence-corrected chi connectivity index (χ3v) is 3.73. The molecule has 0 amide bonds. The second kappa shape index (κ2) is 5.65. The SMILES string of the molecule is CCCN(C(O)CC)C1Cc2ccccc2C1. The lowest BCUT2D eigenvalue weighted by Gasteiger charge is -2.32. The van der Waals surface area contributed by atoms with Crippen LogP contribution in [-0.4, -0.2) is 28.8 Å². The Kier molecular flexibility index (Phi) is 4.19. The first-order chi connectivity index (χ1) is 8.26. The number of aliphatic hydroxyl groups excluding tert-OH is 1. The molecule has 0 bridgehead atoms. The number of hydrogen-bond donors (Lipinski definition) is 1. The highest BCUT2D eigenvalue weighted by Gasteiger charge is 2.29. The first-order valence-corrected chi connectivity index (χ1v) is 6.76. The summed E-state index contributed by atoms with van der Waals surface area (Å²) < 4.78 is 0. The third kappa shape index (κ3) is 2.70. The average molecular weight is 233 g/mol. The lowest BCUT2D eigenvalue weighted by molar-refractivity contribution is -0.0249. The quantitative estimate of drug-likeness (QED) is 0.790. The highest BCUT2D eigenvalue weighted by molar-refractivity contribution is 5.33. The van der Waals surface area contributed by atoms with Gasteiger partial charge in [-0.1, -0.05) is 38.1 Å². The van der Waals surface area contributed by atoms with Crippen LogP contribution < -0.4 is 0 Å². The van der Waals surface area contributed by atoms with Crippen LogP contribution >= 0.6 is 0 Å². The lowest BCUT2D eigenvalue weighted by Crippen LogP contribution is -2.44. The predicted molar refractivity (Wildman–Crippen MR) is 70.9 cm³/mol. The molecule has 0 fully saturated rings. The van der Waals surface area contributed by atoms with Gasteiger partial charge in [0.25, 0.3) is 0 Å². The number of aliphatic hydroxyl groups is 1. The van der Waals surface area contributed by atoms with Crippen molar-refractivity contribution < 1.29 is 5.11 Å². The first-order valence-electron chi connectivity index (χ1n) is 6.76. The first kappa shape index (κ1) is 12.6. The molecule has 1 N–H and O–H groups in total. The Balaban J connectivity index is 2.08. The van der Waals surface area contributed by atoms with Gasteiger partial charge in [0.1, 0.15) is 6.23 Å². The highest BCUT2D eigenvalue weighted by Crippen LogP contribution is 2.26. The second-order valence-electron chi connectivity index (χ2n) is 4.96. The fourth-order valence-corrected chi connectivity index (χ4v) is 2.84. The molecule has 2 nitrogen and oxygen atoms in total. The summed E-state index contributed by atoms with van der Waals surface area (Å²) in [5.74, 6) is 0. The summed E-state index contributed by atoms with van der Waals surface area (Å²) in [4.78, 5) is 2.28. The Morgan fingerprint density at radius 1 is 1.24 bits per heavy atom. The van der Waals surface area contributed by atoms with Gasteiger partial charge < -0.3 is 5.11 Å². The number of hydrogen-bond acceptors (Lipinski definition) is 2. The molecule has 1 aromatic carbocycles. The van der Waals surface area contributed by atoms with Crippen molar-refractivity contribution >= 4 is 0 Å². The van der Waals surface area contributed by atoms with E-state index in [2.05, 4.69) is 43.0 Å². The van der Waals surface area contributed by atoms with Crippen molar-refractivity contribution in [2.75, 3.05) is 6.54 Å². The molecule has 0 radical (unpaired) electrons. The van der Waals surface area contributed by atoms with Crippen LogP contribution in [0.4, 0.5) is 0 Å². The normalized spacial score (nSPS) is 17.4. The molecule has 0 spiro atoms. The van der Waals surface area contributed by atoms with Crippen LogP contribution in [0.2, 0.25) is 0 Å². The Hall–Kier alpha value is -0.860. The highest BCUT2D eigenvalue weighted by atomic mass is 16.3. The molecule has 0 saturated heterocycles. The van der Waals surface area contributed by atoms with Crippen LogP contribution in [0.5, 0.6) is 0 Å². The van der Waals surface area contributed by atoms with Crippen molar-refractivity contribution in [1.82, 2.24) is 4.90 Å².